The van der Waals surface area contributed by atoms with Crippen molar-refractivity contribution >= 4 is 6.03 Å². The molecule has 2 atom stereocenters. The van der Waals surface area contributed by atoms with Gasteiger partial charge in [0.2, 0.25) is 0 Å². The Hall–Kier alpha value is -0.770. The van der Waals surface area contributed by atoms with Gasteiger partial charge in [0, 0.05) is 24.7 Å². The maximum Gasteiger partial charge on any atom is 0.317 e. The van der Waals surface area contributed by atoms with Crippen molar-refractivity contribution in [3.63, 3.8) is 0 Å². The van der Waals surface area contributed by atoms with Crippen molar-refractivity contribution in [2.45, 2.75) is 63.6 Å². The Balaban J connectivity index is 1.83. The van der Waals surface area contributed by atoms with E-state index in [4.69, 9.17) is 5.73 Å². The van der Waals surface area contributed by atoms with E-state index in [-0.39, 0.29) is 18.1 Å². The van der Waals surface area contributed by atoms with Crippen molar-refractivity contribution in [2.75, 3.05) is 6.54 Å². The van der Waals surface area contributed by atoms with Crippen LogP contribution in [-0.4, -0.2) is 35.6 Å². The molecule has 0 spiro atoms. The Morgan fingerprint density at radius 1 is 1.31 bits per heavy atom. The van der Waals surface area contributed by atoms with E-state index in [0.29, 0.717) is 6.04 Å². The molecule has 2 amide bonds. The highest BCUT2D eigenvalue weighted by Crippen LogP contribution is 2.20. The van der Waals surface area contributed by atoms with Gasteiger partial charge in [-0.3, -0.25) is 0 Å². The van der Waals surface area contributed by atoms with E-state index in [1.807, 2.05) is 4.90 Å². The van der Waals surface area contributed by atoms with Gasteiger partial charge in [0.1, 0.15) is 0 Å². The van der Waals surface area contributed by atoms with Gasteiger partial charge >= 0.3 is 6.03 Å². The van der Waals surface area contributed by atoms with Gasteiger partial charge < -0.3 is 16.0 Å². The quantitative estimate of drug-likeness (QED) is 0.709. The SMILES string of the molecule is CC1CC(N)CCN1C(=O)NC1CCCC1. The fraction of sp³-hybridized carbons (Fsp3) is 0.917. The molecule has 1 saturated heterocycles. The number of urea groups is 1. The number of hydrogen-bond donors (Lipinski definition) is 2. The molecular weight excluding hydrogens is 202 g/mol. The number of nitrogens with one attached hydrogen (secondary N) is 1. The highest BCUT2D eigenvalue weighted by atomic mass is 16.2. The molecule has 2 fully saturated rings. The number of hydrogen-bond acceptors (Lipinski definition) is 2. The monoisotopic (exact) mass is 225 g/mol. The molecule has 4 heteroatoms. The minimum absolute atomic E-state index is 0.117. The molecule has 4 nitrogen and oxygen atoms in total. The molecule has 16 heavy (non-hydrogen) atoms. The largest absolute Gasteiger partial charge is 0.335 e. The molecule has 0 bridgehead atoms. The fourth-order valence-corrected chi connectivity index (χ4v) is 2.84. The van der Waals surface area contributed by atoms with Crippen LogP contribution in [-0.2, 0) is 0 Å². The van der Waals surface area contributed by atoms with Gasteiger partial charge in [0.05, 0.1) is 0 Å². The molecule has 92 valence electrons. The molecule has 1 heterocycles. The van der Waals surface area contributed by atoms with E-state index in [1.54, 1.807) is 0 Å². The van der Waals surface area contributed by atoms with Crippen molar-refractivity contribution in [3.05, 3.63) is 0 Å². The van der Waals surface area contributed by atoms with E-state index in [1.165, 1.54) is 12.8 Å². The average molecular weight is 225 g/mol. The molecule has 0 aromatic rings. The maximum absolute atomic E-state index is 12.0. The maximum atomic E-state index is 12.0. The zero-order valence-corrected chi connectivity index (χ0v) is 10.1. The molecule has 0 aromatic heterocycles. The zero-order chi connectivity index (χ0) is 11.5. The van der Waals surface area contributed by atoms with Crippen molar-refractivity contribution < 1.29 is 4.79 Å². The van der Waals surface area contributed by atoms with Crippen molar-refractivity contribution in [1.29, 1.82) is 0 Å². The van der Waals surface area contributed by atoms with Crippen LogP contribution in [0.3, 0.4) is 0 Å². The van der Waals surface area contributed by atoms with Gasteiger partial charge in [-0.15, -0.1) is 0 Å². The lowest BCUT2D eigenvalue weighted by Gasteiger charge is -2.37. The first-order valence-corrected chi connectivity index (χ1v) is 6.49. The van der Waals surface area contributed by atoms with Crippen LogP contribution in [0.4, 0.5) is 4.79 Å². The Labute approximate surface area is 97.6 Å². The molecule has 2 rings (SSSR count). The molecule has 1 saturated carbocycles. The topological polar surface area (TPSA) is 58.4 Å². The molecule has 3 N–H and O–H groups in total. The van der Waals surface area contributed by atoms with Crippen LogP contribution >= 0.6 is 0 Å². The summed E-state index contributed by atoms with van der Waals surface area (Å²) in [6, 6.07) is 1.08. The van der Waals surface area contributed by atoms with E-state index in [2.05, 4.69) is 12.2 Å². The highest BCUT2D eigenvalue weighted by Gasteiger charge is 2.28. The van der Waals surface area contributed by atoms with Crippen LogP contribution in [0.2, 0.25) is 0 Å². The number of piperidine rings is 1. The minimum atomic E-state index is 0.117. The number of carbonyl (C=O) groups is 1. The van der Waals surface area contributed by atoms with Crippen LogP contribution in [0, 0.1) is 0 Å². The second-order valence-electron chi connectivity index (χ2n) is 5.26. The summed E-state index contributed by atoms with van der Waals surface area (Å²) < 4.78 is 0. The van der Waals surface area contributed by atoms with Gasteiger partial charge in [-0.25, -0.2) is 4.79 Å². The van der Waals surface area contributed by atoms with E-state index < -0.39 is 0 Å². The second-order valence-corrected chi connectivity index (χ2v) is 5.26. The van der Waals surface area contributed by atoms with Gasteiger partial charge in [-0.05, 0) is 32.6 Å². The minimum Gasteiger partial charge on any atom is -0.335 e. The van der Waals surface area contributed by atoms with Crippen LogP contribution in [0.1, 0.15) is 45.4 Å². The molecule has 0 radical (unpaired) electrons. The first-order chi connectivity index (χ1) is 7.66. The predicted octanol–water partition coefficient (Wildman–Crippen LogP) is 1.45. The molecule has 2 aliphatic rings. The highest BCUT2D eigenvalue weighted by molar-refractivity contribution is 5.75. The number of nitrogens with two attached hydrogens (primary N) is 1. The first-order valence-electron chi connectivity index (χ1n) is 6.49. The Bertz CT molecular complexity index is 251. The summed E-state index contributed by atoms with van der Waals surface area (Å²) in [5.74, 6) is 0. The smallest absolute Gasteiger partial charge is 0.317 e. The lowest BCUT2D eigenvalue weighted by Crippen LogP contribution is -2.53. The van der Waals surface area contributed by atoms with Crippen LogP contribution in [0.25, 0.3) is 0 Å². The normalized spacial score (nSPS) is 31.8. The van der Waals surface area contributed by atoms with Gasteiger partial charge in [0.15, 0.2) is 0 Å². The van der Waals surface area contributed by atoms with Crippen molar-refractivity contribution in [3.8, 4) is 0 Å². The second kappa shape index (κ2) is 5.04. The van der Waals surface area contributed by atoms with E-state index in [0.717, 1.165) is 32.2 Å². The van der Waals surface area contributed by atoms with E-state index in [9.17, 15) is 4.79 Å². The standard InChI is InChI=1S/C12H23N3O/c1-9-8-10(13)6-7-15(9)12(16)14-11-4-2-3-5-11/h9-11H,2-8,13H2,1H3,(H,14,16). The summed E-state index contributed by atoms with van der Waals surface area (Å²) in [6.07, 6.45) is 6.66. The van der Waals surface area contributed by atoms with Crippen molar-refractivity contribution in [2.24, 2.45) is 5.73 Å². The Kier molecular flexibility index (Phi) is 3.69. The van der Waals surface area contributed by atoms with Gasteiger partial charge in [0.25, 0.3) is 0 Å². The van der Waals surface area contributed by atoms with E-state index >= 15 is 0 Å². The predicted molar refractivity (Wildman–Crippen MR) is 64.2 cm³/mol. The first kappa shape index (κ1) is 11.7. The fourth-order valence-electron chi connectivity index (χ4n) is 2.84. The number of rotatable bonds is 1. The third kappa shape index (κ3) is 2.67. The summed E-state index contributed by atoms with van der Waals surface area (Å²) in [4.78, 5) is 14.0. The molecule has 1 aliphatic carbocycles. The molecule has 1 aliphatic heterocycles. The third-order valence-corrected chi connectivity index (χ3v) is 3.86. The third-order valence-electron chi connectivity index (χ3n) is 3.86. The number of amides is 2. The molecule has 0 aromatic carbocycles. The van der Waals surface area contributed by atoms with Crippen LogP contribution in [0.15, 0.2) is 0 Å². The lowest BCUT2D eigenvalue weighted by molar-refractivity contribution is 0.148. The summed E-state index contributed by atoms with van der Waals surface area (Å²) in [5.41, 5.74) is 5.89. The summed E-state index contributed by atoms with van der Waals surface area (Å²) >= 11 is 0. The number of carbonyl (C=O) groups excluding carboxylic acids is 1. The van der Waals surface area contributed by atoms with Crippen molar-refractivity contribution in [1.82, 2.24) is 10.2 Å². The summed E-state index contributed by atoms with van der Waals surface area (Å²) in [5, 5.41) is 3.14. The Morgan fingerprint density at radius 2 is 2.00 bits per heavy atom. The summed E-state index contributed by atoms with van der Waals surface area (Å²) in [6.45, 7) is 2.90. The molecule has 2 unspecified atom stereocenters. The average Bonchev–Trinajstić information content (AvgIpc) is 2.70. The summed E-state index contributed by atoms with van der Waals surface area (Å²) in [7, 11) is 0. The number of likely N-dealkylation sites (tertiary alicyclic amines) is 1. The zero-order valence-electron chi connectivity index (χ0n) is 10.1. The Morgan fingerprint density at radius 3 is 2.62 bits per heavy atom. The van der Waals surface area contributed by atoms with Gasteiger partial charge in [-0.2, -0.15) is 0 Å². The lowest BCUT2D eigenvalue weighted by atomic mass is 10.00. The van der Waals surface area contributed by atoms with Gasteiger partial charge in [-0.1, -0.05) is 12.8 Å². The van der Waals surface area contributed by atoms with Crippen LogP contribution < -0.4 is 11.1 Å². The number of nitrogens with zero attached hydrogens (tertiary/aromatic N) is 1. The molecular formula is C12H23N3O. The van der Waals surface area contributed by atoms with Crippen LogP contribution in [0.5, 0.6) is 0 Å².